The van der Waals surface area contributed by atoms with Crippen molar-refractivity contribution in [1.82, 2.24) is 14.7 Å². The topological polar surface area (TPSA) is 75.4 Å². The number of aromatic nitrogens is 2. The van der Waals surface area contributed by atoms with E-state index in [4.69, 9.17) is 11.6 Å². The van der Waals surface area contributed by atoms with Crippen molar-refractivity contribution >= 4 is 17.5 Å². The Labute approximate surface area is 195 Å². The predicted octanol–water partition coefficient (Wildman–Crippen LogP) is 4.12. The first-order chi connectivity index (χ1) is 15.5. The SMILES string of the molecule is CCN(C)C(=O)C1C=CC=CC1(F)CCc1c(Cl)ccc(F)c1-c1c(O)c(C)nn(C)c1=O. The standard InChI is InChI=1S/C24H26ClF2N3O3/c1-5-29(3)22(32)16-8-6-7-12-24(16,27)13-11-15-17(25)9-10-18(26)19(15)20-21(31)14(2)28-30(4)23(20)33/h6-10,12,16,31H,5,11,13H2,1-4H3. The summed E-state index contributed by atoms with van der Waals surface area (Å²) in [7, 11) is 2.98. The zero-order valence-corrected chi connectivity index (χ0v) is 19.7. The molecule has 9 heteroatoms. The highest BCUT2D eigenvalue weighted by Gasteiger charge is 2.42. The van der Waals surface area contributed by atoms with Gasteiger partial charge in [-0.05, 0) is 50.5 Å². The van der Waals surface area contributed by atoms with Crippen molar-refractivity contribution in [3.05, 3.63) is 68.9 Å². The molecule has 2 unspecified atom stereocenters. The number of benzene rings is 1. The fraction of sp³-hybridized carbons (Fsp3) is 0.375. The van der Waals surface area contributed by atoms with E-state index in [1.807, 2.05) is 0 Å². The van der Waals surface area contributed by atoms with Gasteiger partial charge in [0.15, 0.2) is 5.75 Å². The molecule has 0 saturated heterocycles. The summed E-state index contributed by atoms with van der Waals surface area (Å²) < 4.78 is 32.1. The summed E-state index contributed by atoms with van der Waals surface area (Å²) in [5.41, 5.74) is -2.93. The van der Waals surface area contributed by atoms with Gasteiger partial charge in [0, 0.05) is 31.2 Å². The fourth-order valence-corrected chi connectivity index (χ4v) is 4.24. The van der Waals surface area contributed by atoms with Gasteiger partial charge in [-0.2, -0.15) is 5.10 Å². The summed E-state index contributed by atoms with van der Waals surface area (Å²) in [5.74, 6) is -2.67. The average Bonchev–Trinajstić information content (AvgIpc) is 2.78. The molecule has 6 nitrogen and oxygen atoms in total. The Kier molecular flexibility index (Phi) is 7.07. The molecular formula is C24H26ClF2N3O3. The van der Waals surface area contributed by atoms with Gasteiger partial charge in [-0.15, -0.1) is 0 Å². The molecule has 1 aromatic carbocycles. The summed E-state index contributed by atoms with van der Waals surface area (Å²) in [6.07, 6.45) is 5.70. The van der Waals surface area contributed by atoms with Gasteiger partial charge in [0.1, 0.15) is 17.2 Å². The summed E-state index contributed by atoms with van der Waals surface area (Å²) in [4.78, 5) is 27.0. The lowest BCUT2D eigenvalue weighted by atomic mass is 9.79. The molecule has 1 N–H and O–H groups in total. The lowest BCUT2D eigenvalue weighted by Crippen LogP contribution is -2.44. The number of aryl methyl sites for hydroxylation is 2. The molecule has 1 aliphatic rings. The van der Waals surface area contributed by atoms with E-state index in [1.165, 1.54) is 43.2 Å². The number of nitrogens with zero attached hydrogens (tertiary/aromatic N) is 3. The van der Waals surface area contributed by atoms with Crippen molar-refractivity contribution in [2.45, 2.75) is 32.4 Å². The number of alkyl halides is 1. The molecule has 0 saturated carbocycles. The van der Waals surface area contributed by atoms with Crippen LogP contribution in [0, 0.1) is 18.7 Å². The highest BCUT2D eigenvalue weighted by molar-refractivity contribution is 6.31. The second kappa shape index (κ2) is 9.47. The van der Waals surface area contributed by atoms with Crippen LogP contribution < -0.4 is 5.56 Å². The molecular weight excluding hydrogens is 452 g/mol. The molecule has 0 aliphatic heterocycles. The first-order valence-electron chi connectivity index (χ1n) is 10.6. The molecule has 1 heterocycles. The van der Waals surface area contributed by atoms with Crippen molar-refractivity contribution in [2.24, 2.45) is 13.0 Å². The first kappa shape index (κ1) is 24.6. The average molecular weight is 478 g/mol. The zero-order chi connectivity index (χ0) is 24.5. The van der Waals surface area contributed by atoms with Gasteiger partial charge < -0.3 is 10.0 Å². The largest absolute Gasteiger partial charge is 0.505 e. The Balaban J connectivity index is 2.07. The van der Waals surface area contributed by atoms with E-state index >= 15 is 8.78 Å². The quantitative estimate of drug-likeness (QED) is 0.679. The van der Waals surface area contributed by atoms with Crippen LogP contribution in [0.1, 0.15) is 24.6 Å². The third kappa shape index (κ3) is 4.57. The molecule has 33 heavy (non-hydrogen) atoms. The second-order valence-electron chi connectivity index (χ2n) is 8.12. The lowest BCUT2D eigenvalue weighted by Gasteiger charge is -2.33. The molecule has 3 rings (SSSR count). The van der Waals surface area contributed by atoms with Crippen LogP contribution >= 0.6 is 11.6 Å². The minimum absolute atomic E-state index is 0.0792. The van der Waals surface area contributed by atoms with Crippen LogP contribution in [0.15, 0.2) is 41.2 Å². The van der Waals surface area contributed by atoms with E-state index in [9.17, 15) is 14.7 Å². The lowest BCUT2D eigenvalue weighted by molar-refractivity contribution is -0.136. The molecule has 0 spiro atoms. The fourth-order valence-electron chi connectivity index (χ4n) is 3.99. The summed E-state index contributed by atoms with van der Waals surface area (Å²) in [6, 6.07) is 2.41. The Bertz CT molecular complexity index is 1210. The van der Waals surface area contributed by atoms with Crippen LogP contribution in [0.3, 0.4) is 0 Å². The van der Waals surface area contributed by atoms with Crippen molar-refractivity contribution in [3.8, 4) is 16.9 Å². The number of hydrogen-bond acceptors (Lipinski definition) is 4. The highest BCUT2D eigenvalue weighted by Crippen LogP contribution is 2.40. The third-order valence-corrected chi connectivity index (χ3v) is 6.38. The van der Waals surface area contributed by atoms with Gasteiger partial charge in [-0.25, -0.2) is 13.5 Å². The van der Waals surface area contributed by atoms with E-state index in [0.717, 1.165) is 10.7 Å². The number of halogens is 3. The Morgan fingerprint density at radius 3 is 2.70 bits per heavy atom. The molecule has 0 radical (unpaired) electrons. The van der Waals surface area contributed by atoms with Gasteiger partial charge in [0.25, 0.3) is 5.56 Å². The molecule has 2 atom stereocenters. The van der Waals surface area contributed by atoms with E-state index in [2.05, 4.69) is 5.10 Å². The smallest absolute Gasteiger partial charge is 0.278 e. The number of allylic oxidation sites excluding steroid dienone is 3. The minimum atomic E-state index is -2.04. The maximum Gasteiger partial charge on any atom is 0.278 e. The maximum absolute atomic E-state index is 16.1. The number of hydrogen-bond donors (Lipinski definition) is 1. The minimum Gasteiger partial charge on any atom is -0.505 e. The zero-order valence-electron chi connectivity index (χ0n) is 18.9. The number of rotatable bonds is 6. The number of amides is 1. The molecule has 2 aromatic rings. The molecule has 0 bridgehead atoms. The van der Waals surface area contributed by atoms with Crippen LogP contribution in [0.4, 0.5) is 8.78 Å². The van der Waals surface area contributed by atoms with E-state index in [-0.39, 0.29) is 46.2 Å². The van der Waals surface area contributed by atoms with E-state index in [0.29, 0.717) is 6.54 Å². The Morgan fingerprint density at radius 2 is 2.03 bits per heavy atom. The van der Waals surface area contributed by atoms with Crippen molar-refractivity contribution in [1.29, 1.82) is 0 Å². The van der Waals surface area contributed by atoms with Gasteiger partial charge in [0.2, 0.25) is 5.91 Å². The molecule has 1 aliphatic carbocycles. The third-order valence-electron chi connectivity index (χ3n) is 6.02. The van der Waals surface area contributed by atoms with Crippen LogP contribution in [-0.2, 0) is 18.3 Å². The molecule has 176 valence electrons. The molecule has 1 amide bonds. The Morgan fingerprint density at radius 1 is 1.33 bits per heavy atom. The Hall–Kier alpha value is -3.00. The number of carbonyl (C=O) groups is 1. The van der Waals surface area contributed by atoms with Crippen LogP contribution in [-0.4, -0.2) is 45.0 Å². The molecule has 0 fully saturated rings. The number of carbonyl (C=O) groups excluding carboxylic acids is 1. The first-order valence-corrected chi connectivity index (χ1v) is 10.9. The monoisotopic (exact) mass is 477 g/mol. The highest BCUT2D eigenvalue weighted by atomic mass is 35.5. The molecule has 1 aromatic heterocycles. The van der Waals surface area contributed by atoms with Crippen molar-refractivity contribution in [2.75, 3.05) is 13.6 Å². The van der Waals surface area contributed by atoms with Gasteiger partial charge in [-0.1, -0.05) is 29.8 Å². The van der Waals surface area contributed by atoms with E-state index < -0.39 is 28.7 Å². The normalized spacial score (nSPS) is 19.7. The maximum atomic E-state index is 16.1. The second-order valence-corrected chi connectivity index (χ2v) is 8.53. The summed E-state index contributed by atoms with van der Waals surface area (Å²) in [5, 5.41) is 14.6. The van der Waals surface area contributed by atoms with E-state index in [1.54, 1.807) is 20.0 Å². The van der Waals surface area contributed by atoms with Gasteiger partial charge >= 0.3 is 0 Å². The van der Waals surface area contributed by atoms with Crippen LogP contribution in [0.5, 0.6) is 5.75 Å². The van der Waals surface area contributed by atoms with Crippen molar-refractivity contribution < 1.29 is 18.7 Å². The summed E-state index contributed by atoms with van der Waals surface area (Å²) in [6.45, 7) is 3.70. The van der Waals surface area contributed by atoms with Crippen LogP contribution in [0.25, 0.3) is 11.1 Å². The number of aromatic hydroxyl groups is 1. The summed E-state index contributed by atoms with van der Waals surface area (Å²) >= 11 is 6.37. The van der Waals surface area contributed by atoms with Crippen molar-refractivity contribution in [3.63, 3.8) is 0 Å². The predicted molar refractivity (Wildman–Crippen MR) is 124 cm³/mol. The van der Waals surface area contributed by atoms with Crippen LogP contribution in [0.2, 0.25) is 5.02 Å². The van der Waals surface area contributed by atoms with Gasteiger partial charge in [-0.3, -0.25) is 9.59 Å². The van der Waals surface area contributed by atoms with Gasteiger partial charge in [0.05, 0.1) is 11.5 Å².